The number of hydrogen-bond acceptors (Lipinski definition) is 7. The number of nitro benzene ring substituents is 1. The number of thioether (sulfide) groups is 2. The minimum atomic E-state index is -0.521. The smallest absolute Gasteiger partial charge is 0.356 e. The molecule has 9 heteroatoms. The van der Waals surface area contributed by atoms with Crippen LogP contribution in [0.25, 0.3) is 0 Å². The molecule has 28 heavy (non-hydrogen) atoms. The molecule has 2 aliphatic rings. The number of carbonyl (C=O) groups is 2. The zero-order valence-electron chi connectivity index (χ0n) is 15.9. The van der Waals surface area contributed by atoms with Crippen LogP contribution in [0.15, 0.2) is 34.9 Å². The van der Waals surface area contributed by atoms with Crippen molar-refractivity contribution in [1.82, 2.24) is 4.90 Å². The Morgan fingerprint density at radius 1 is 1.39 bits per heavy atom. The zero-order valence-corrected chi connectivity index (χ0v) is 17.5. The molecule has 1 aromatic rings. The third-order valence-electron chi connectivity index (χ3n) is 5.06. The largest absolute Gasteiger partial charge is 0.456 e. The average Bonchev–Trinajstić information content (AvgIpc) is 3.01. The second-order valence-corrected chi connectivity index (χ2v) is 9.20. The number of non-ortho nitro benzene ring substituents is 1. The Bertz CT molecular complexity index is 824. The van der Waals surface area contributed by atoms with Crippen LogP contribution in [0.5, 0.6) is 0 Å². The fourth-order valence-corrected chi connectivity index (χ4v) is 5.43. The van der Waals surface area contributed by atoms with Crippen molar-refractivity contribution in [2.75, 3.05) is 12.0 Å². The first-order valence-corrected chi connectivity index (χ1v) is 11.3. The highest BCUT2D eigenvalue weighted by Crippen LogP contribution is 2.48. The topological polar surface area (TPSA) is 89.8 Å². The van der Waals surface area contributed by atoms with Gasteiger partial charge in [0.15, 0.2) is 0 Å². The van der Waals surface area contributed by atoms with Crippen molar-refractivity contribution in [3.63, 3.8) is 0 Å². The first-order valence-electron chi connectivity index (χ1n) is 9.01. The predicted octanol–water partition coefficient (Wildman–Crippen LogP) is 3.58. The molecule has 1 aromatic carbocycles. The summed E-state index contributed by atoms with van der Waals surface area (Å²) in [6, 6.07) is 5.89. The summed E-state index contributed by atoms with van der Waals surface area (Å²) >= 11 is 3.24. The fourth-order valence-electron chi connectivity index (χ4n) is 3.69. The SMILES string of the molecule is CCSC(C)[C@H]1C(=O)N2C(C(=O)OCc3ccc([N+](=O)[O-])cc3)=C(SC)C[C@H]12. The Hall–Kier alpha value is -2.00. The van der Waals surface area contributed by atoms with Crippen molar-refractivity contribution in [3.05, 3.63) is 50.5 Å². The van der Waals surface area contributed by atoms with E-state index in [1.165, 1.54) is 23.9 Å². The molecular formula is C19H22N2O5S2. The summed E-state index contributed by atoms with van der Waals surface area (Å²) in [5.41, 5.74) is 0.993. The van der Waals surface area contributed by atoms with Crippen LogP contribution in [0.3, 0.4) is 0 Å². The van der Waals surface area contributed by atoms with Crippen LogP contribution in [0.1, 0.15) is 25.8 Å². The Kier molecular flexibility index (Phi) is 6.34. The number of carbonyl (C=O) groups excluding carboxylic acids is 2. The number of benzene rings is 1. The maximum absolute atomic E-state index is 12.7. The lowest BCUT2D eigenvalue weighted by Gasteiger charge is -2.46. The van der Waals surface area contributed by atoms with E-state index in [2.05, 4.69) is 13.8 Å². The van der Waals surface area contributed by atoms with Crippen molar-refractivity contribution in [3.8, 4) is 0 Å². The molecule has 0 N–H and O–H groups in total. The Balaban J connectivity index is 1.67. The minimum Gasteiger partial charge on any atom is -0.456 e. The molecular weight excluding hydrogens is 400 g/mol. The molecule has 0 aromatic heterocycles. The number of esters is 1. The molecule has 3 rings (SSSR count). The lowest BCUT2D eigenvalue weighted by Crippen LogP contribution is -2.61. The average molecular weight is 423 g/mol. The molecule has 150 valence electrons. The van der Waals surface area contributed by atoms with Gasteiger partial charge in [0.25, 0.3) is 5.69 Å². The highest BCUT2D eigenvalue weighted by molar-refractivity contribution is 8.02. The summed E-state index contributed by atoms with van der Waals surface area (Å²) < 4.78 is 5.41. The maximum atomic E-state index is 12.7. The van der Waals surface area contributed by atoms with Gasteiger partial charge < -0.3 is 9.64 Å². The number of nitrogens with zero attached hydrogens (tertiary/aromatic N) is 2. The normalized spacial score (nSPS) is 22.0. The lowest BCUT2D eigenvalue weighted by molar-refractivity contribution is -0.384. The molecule has 3 atom stereocenters. The Morgan fingerprint density at radius 3 is 2.64 bits per heavy atom. The van der Waals surface area contributed by atoms with Crippen LogP contribution < -0.4 is 0 Å². The van der Waals surface area contributed by atoms with Crippen LogP contribution in [-0.2, 0) is 20.9 Å². The van der Waals surface area contributed by atoms with E-state index in [9.17, 15) is 19.7 Å². The summed E-state index contributed by atoms with van der Waals surface area (Å²) in [5, 5.41) is 10.9. The van der Waals surface area contributed by atoms with E-state index in [0.717, 1.165) is 10.7 Å². The molecule has 0 saturated carbocycles. The molecule has 1 amide bonds. The second kappa shape index (κ2) is 8.57. The van der Waals surface area contributed by atoms with E-state index in [-0.39, 0.29) is 35.4 Å². The van der Waals surface area contributed by atoms with Gasteiger partial charge in [0.1, 0.15) is 12.3 Å². The first-order chi connectivity index (χ1) is 13.4. The molecule has 0 spiro atoms. The molecule has 7 nitrogen and oxygen atoms in total. The van der Waals surface area contributed by atoms with E-state index in [1.807, 2.05) is 6.26 Å². The van der Waals surface area contributed by atoms with Gasteiger partial charge >= 0.3 is 5.97 Å². The number of nitro groups is 1. The van der Waals surface area contributed by atoms with Crippen LogP contribution >= 0.6 is 23.5 Å². The molecule has 1 saturated heterocycles. The van der Waals surface area contributed by atoms with Gasteiger partial charge in [0.05, 0.1) is 16.9 Å². The molecule has 0 aliphatic carbocycles. The number of ether oxygens (including phenoxy) is 1. The highest BCUT2D eigenvalue weighted by Gasteiger charge is 2.56. The molecule has 0 bridgehead atoms. The maximum Gasteiger partial charge on any atom is 0.356 e. The van der Waals surface area contributed by atoms with Gasteiger partial charge in [-0.2, -0.15) is 11.8 Å². The predicted molar refractivity (Wildman–Crippen MR) is 110 cm³/mol. The third kappa shape index (κ3) is 3.77. The van der Waals surface area contributed by atoms with E-state index < -0.39 is 10.9 Å². The number of amides is 1. The molecule has 2 heterocycles. The minimum absolute atomic E-state index is 0.000202. The first kappa shape index (κ1) is 20.7. The third-order valence-corrected chi connectivity index (χ3v) is 7.07. The zero-order chi connectivity index (χ0) is 20.4. The van der Waals surface area contributed by atoms with Crippen molar-refractivity contribution in [2.45, 2.75) is 38.2 Å². The summed E-state index contributed by atoms with van der Waals surface area (Å²) in [5.74, 6) is 0.356. The molecule has 1 fully saturated rings. The van der Waals surface area contributed by atoms with E-state index in [1.54, 1.807) is 28.8 Å². The lowest BCUT2D eigenvalue weighted by atomic mass is 9.85. The van der Waals surface area contributed by atoms with Gasteiger partial charge in [-0.15, -0.1) is 11.8 Å². The summed E-state index contributed by atoms with van der Waals surface area (Å²) in [7, 11) is 0. The van der Waals surface area contributed by atoms with Crippen molar-refractivity contribution >= 4 is 41.1 Å². The van der Waals surface area contributed by atoms with Crippen LogP contribution in [0.2, 0.25) is 0 Å². The Labute approximate surface area is 172 Å². The summed E-state index contributed by atoms with van der Waals surface area (Å²) in [6.07, 6.45) is 2.59. The van der Waals surface area contributed by atoms with Gasteiger partial charge in [0.2, 0.25) is 5.91 Å². The fraction of sp³-hybridized carbons (Fsp3) is 0.474. The van der Waals surface area contributed by atoms with E-state index in [0.29, 0.717) is 17.7 Å². The standard InChI is InChI=1S/C19H22N2O5S2/c1-4-28-11(2)16-14-9-15(27-3)17(20(14)18(16)22)19(23)26-10-12-5-7-13(8-6-12)21(24)25/h5-8,11,14,16H,4,9-10H2,1-3H3/t11?,14-,16-/m1/s1. The van der Waals surface area contributed by atoms with Crippen LogP contribution in [-0.4, -0.2) is 45.0 Å². The van der Waals surface area contributed by atoms with Crippen LogP contribution in [0.4, 0.5) is 5.69 Å². The van der Waals surface area contributed by atoms with Gasteiger partial charge in [-0.25, -0.2) is 4.79 Å². The van der Waals surface area contributed by atoms with Gasteiger partial charge in [-0.3, -0.25) is 14.9 Å². The quantitative estimate of drug-likeness (QED) is 0.274. The van der Waals surface area contributed by atoms with Crippen LogP contribution in [0, 0.1) is 16.0 Å². The second-order valence-electron chi connectivity index (χ2n) is 6.64. The van der Waals surface area contributed by atoms with Crippen molar-refractivity contribution in [2.24, 2.45) is 5.92 Å². The molecule has 1 unspecified atom stereocenters. The number of β-lactam (4-membered cyclic amide) rings is 1. The van der Waals surface area contributed by atoms with Gasteiger partial charge in [-0.1, -0.05) is 13.8 Å². The van der Waals surface area contributed by atoms with Gasteiger partial charge in [-0.05, 0) is 29.7 Å². The molecule has 2 aliphatic heterocycles. The van der Waals surface area contributed by atoms with Crippen molar-refractivity contribution in [1.29, 1.82) is 0 Å². The number of fused-ring (bicyclic) bond motifs is 1. The monoisotopic (exact) mass is 422 g/mol. The number of rotatable bonds is 8. The van der Waals surface area contributed by atoms with Crippen molar-refractivity contribution < 1.29 is 19.2 Å². The van der Waals surface area contributed by atoms with E-state index in [4.69, 9.17) is 4.74 Å². The highest BCUT2D eigenvalue weighted by atomic mass is 32.2. The van der Waals surface area contributed by atoms with Gasteiger partial charge in [0, 0.05) is 28.7 Å². The van der Waals surface area contributed by atoms with E-state index >= 15 is 0 Å². The molecule has 0 radical (unpaired) electrons. The Morgan fingerprint density at radius 2 is 2.07 bits per heavy atom. The number of hydrogen-bond donors (Lipinski definition) is 0. The summed E-state index contributed by atoms with van der Waals surface area (Å²) in [6.45, 7) is 4.14. The summed E-state index contributed by atoms with van der Waals surface area (Å²) in [4.78, 5) is 38.1.